The number of thiophene rings is 1. The summed E-state index contributed by atoms with van der Waals surface area (Å²) in [6.45, 7) is 6.23. The van der Waals surface area contributed by atoms with Crippen molar-refractivity contribution in [3.8, 4) is 23.3 Å². The van der Waals surface area contributed by atoms with Gasteiger partial charge in [-0.05, 0) is 61.7 Å². The summed E-state index contributed by atoms with van der Waals surface area (Å²) in [7, 11) is 0. The van der Waals surface area contributed by atoms with Gasteiger partial charge in [-0.2, -0.15) is 38.3 Å². The van der Waals surface area contributed by atoms with E-state index in [4.69, 9.17) is 5.11 Å². The van der Waals surface area contributed by atoms with E-state index in [9.17, 15) is 18.3 Å². The number of nitrogens with zero attached hydrogens (tertiary/aromatic N) is 8. The molecule has 0 saturated carbocycles. The average molecular weight is 739 g/mol. The van der Waals surface area contributed by atoms with Gasteiger partial charge in [-0.1, -0.05) is 6.07 Å². The van der Waals surface area contributed by atoms with E-state index in [1.54, 1.807) is 45.6 Å². The number of benzene rings is 1. The normalized spacial score (nSPS) is 12.5. The van der Waals surface area contributed by atoms with Crippen LogP contribution in [0.4, 0.5) is 18.9 Å². The Kier molecular flexibility index (Phi) is 12.8. The van der Waals surface area contributed by atoms with Crippen LogP contribution in [-0.4, -0.2) is 70.1 Å². The van der Waals surface area contributed by atoms with Crippen molar-refractivity contribution in [3.63, 3.8) is 0 Å². The molecule has 0 fully saturated rings. The van der Waals surface area contributed by atoms with E-state index < -0.39 is 24.8 Å². The van der Waals surface area contributed by atoms with Crippen LogP contribution in [0.2, 0.25) is 0 Å². The molecule has 42 heavy (non-hydrogen) atoms. The Morgan fingerprint density at radius 2 is 1.43 bits per heavy atom. The molecule has 1 radical (unpaired) electrons. The largest absolute Gasteiger partial charge is 0.414 e. The van der Waals surface area contributed by atoms with Gasteiger partial charge in [-0.15, -0.1) is 11.3 Å². The number of aliphatic hydroxyl groups excluding tert-OH is 2. The summed E-state index contributed by atoms with van der Waals surface area (Å²) < 4.78 is 38.9. The first kappa shape index (κ1) is 33.9. The first-order valence-electron chi connectivity index (χ1n) is 12.8. The predicted molar refractivity (Wildman–Crippen MR) is 149 cm³/mol. The minimum Gasteiger partial charge on any atom is -0.387 e. The minimum atomic E-state index is -4.67. The summed E-state index contributed by atoms with van der Waals surface area (Å²) in [6.07, 6.45) is -2.13. The Bertz CT molecular complexity index is 1410. The van der Waals surface area contributed by atoms with E-state index >= 15 is 0 Å². The number of aromatic nitrogens is 7. The van der Waals surface area contributed by atoms with Crippen molar-refractivity contribution >= 4 is 17.0 Å². The molecule has 2 atom stereocenters. The molecule has 2 N–H and O–H groups in total. The van der Waals surface area contributed by atoms with E-state index in [0.717, 1.165) is 30.0 Å². The van der Waals surface area contributed by atoms with Crippen LogP contribution in [0.1, 0.15) is 31.2 Å². The third-order valence-corrected chi connectivity index (χ3v) is 6.95. The number of halogens is 3. The van der Waals surface area contributed by atoms with Crippen LogP contribution in [-0.2, 0) is 0 Å². The van der Waals surface area contributed by atoms with Crippen LogP contribution in [0.15, 0.2) is 78.7 Å². The Balaban J connectivity index is 0.000000275. The number of hydrogen-bond donors (Lipinski definition) is 2. The maximum atomic E-state index is 11.9. The molecule has 0 aliphatic rings. The second-order valence-corrected chi connectivity index (χ2v) is 9.68. The summed E-state index contributed by atoms with van der Waals surface area (Å²) in [5, 5.41) is 28.1. The van der Waals surface area contributed by atoms with E-state index in [1.165, 1.54) is 11.8 Å². The van der Waals surface area contributed by atoms with Crippen LogP contribution >= 0.6 is 11.3 Å². The second kappa shape index (κ2) is 15.8. The standard InChI is InChI=1S/C19H20N8.C8H9F3O2S.Eu/c1-3-25(4-2)16-9-7-15(8-10-16)17-22-18(26-13-5-11-20-26)24-19(23-17)27-14-6-12-21-27;9-8(10,11)7(13)4-5(12)6-2-1-3-14-6;/h5-14H,3-4H2,1-2H3;1-3,5,7,12-13H,4H2;. The number of aliphatic hydroxyl groups is 2. The van der Waals surface area contributed by atoms with Gasteiger partial charge in [-0.3, -0.25) is 0 Å². The van der Waals surface area contributed by atoms with Crippen LogP contribution in [0.3, 0.4) is 0 Å². The molecule has 5 rings (SSSR count). The SMILES string of the molecule is CCN(CC)c1ccc(-c2nc(-n3cccn3)nc(-n3cccn3)n2)cc1.OC(CC(O)C(F)(F)F)c1cccs1.[Eu]. The molecule has 4 aromatic heterocycles. The molecule has 2 unspecified atom stereocenters. The molecule has 223 valence electrons. The van der Waals surface area contributed by atoms with Gasteiger partial charge < -0.3 is 15.1 Å². The quantitative estimate of drug-likeness (QED) is 0.221. The minimum absolute atomic E-state index is 0. The zero-order valence-corrected chi connectivity index (χ0v) is 25.9. The third kappa shape index (κ3) is 8.97. The fraction of sp³-hybridized carbons (Fsp3) is 0.296. The fourth-order valence-electron chi connectivity index (χ4n) is 3.81. The van der Waals surface area contributed by atoms with Crippen molar-refractivity contribution in [2.75, 3.05) is 18.0 Å². The number of anilines is 1. The Labute approximate surface area is 285 Å². The summed E-state index contributed by atoms with van der Waals surface area (Å²) >= 11 is 1.16. The fourth-order valence-corrected chi connectivity index (χ4v) is 4.54. The first-order valence-corrected chi connectivity index (χ1v) is 13.6. The first-order chi connectivity index (χ1) is 19.7. The van der Waals surface area contributed by atoms with Crippen LogP contribution in [0.5, 0.6) is 0 Å². The summed E-state index contributed by atoms with van der Waals surface area (Å²) in [5.74, 6) is 1.47. The van der Waals surface area contributed by atoms with Gasteiger partial charge in [0.2, 0.25) is 0 Å². The van der Waals surface area contributed by atoms with Gasteiger partial charge in [-0.25, -0.2) is 9.36 Å². The molecule has 10 nitrogen and oxygen atoms in total. The molecule has 1 aromatic carbocycles. The Hall–Kier alpha value is -2.56. The van der Waals surface area contributed by atoms with Gasteiger partial charge in [0.1, 0.15) is 0 Å². The van der Waals surface area contributed by atoms with E-state index in [2.05, 4.69) is 56.0 Å². The number of rotatable bonds is 9. The van der Waals surface area contributed by atoms with Crippen molar-refractivity contribution in [2.45, 2.75) is 38.7 Å². The van der Waals surface area contributed by atoms with E-state index in [1.807, 2.05) is 24.3 Å². The van der Waals surface area contributed by atoms with Crippen LogP contribution in [0, 0.1) is 49.4 Å². The topological polar surface area (TPSA) is 118 Å². The average Bonchev–Trinajstić information content (AvgIpc) is 3.78. The van der Waals surface area contributed by atoms with Crippen molar-refractivity contribution in [3.05, 3.63) is 83.6 Å². The number of alkyl halides is 3. The van der Waals surface area contributed by atoms with Gasteiger partial charge in [0.25, 0.3) is 11.9 Å². The van der Waals surface area contributed by atoms with Gasteiger partial charge >= 0.3 is 6.18 Å². The molecule has 0 aliphatic heterocycles. The van der Waals surface area contributed by atoms with Crippen molar-refractivity contribution in [2.24, 2.45) is 0 Å². The smallest absolute Gasteiger partial charge is 0.387 e. The van der Waals surface area contributed by atoms with Crippen molar-refractivity contribution < 1.29 is 72.8 Å². The van der Waals surface area contributed by atoms with Gasteiger partial charge in [0.05, 0.1) is 6.10 Å². The maximum Gasteiger partial charge on any atom is 0.414 e. The van der Waals surface area contributed by atoms with Gasteiger partial charge in [0.15, 0.2) is 11.9 Å². The molecular formula is C27H29EuF3N8O2S. The zero-order chi connectivity index (χ0) is 29.4. The molecule has 4 heterocycles. The van der Waals surface area contributed by atoms with Crippen molar-refractivity contribution in [1.29, 1.82) is 0 Å². The number of hydrogen-bond acceptors (Lipinski definition) is 9. The monoisotopic (exact) mass is 739 g/mol. The zero-order valence-electron chi connectivity index (χ0n) is 22.7. The van der Waals surface area contributed by atoms with E-state index in [-0.39, 0.29) is 49.4 Å². The van der Waals surface area contributed by atoms with E-state index in [0.29, 0.717) is 22.6 Å². The summed E-state index contributed by atoms with van der Waals surface area (Å²) in [5.41, 5.74) is 2.09. The predicted octanol–water partition coefficient (Wildman–Crippen LogP) is 4.85. The third-order valence-electron chi connectivity index (χ3n) is 5.98. The molecule has 0 aliphatic carbocycles. The molecule has 5 aromatic rings. The van der Waals surface area contributed by atoms with Gasteiger partial charge in [0, 0.05) is 110 Å². The Morgan fingerprint density at radius 1 is 0.857 bits per heavy atom. The van der Waals surface area contributed by atoms with Crippen LogP contribution in [0.25, 0.3) is 23.3 Å². The molecule has 0 bridgehead atoms. The summed E-state index contributed by atoms with van der Waals surface area (Å²) in [4.78, 5) is 16.4. The van der Waals surface area contributed by atoms with Crippen LogP contribution < -0.4 is 4.90 Å². The summed E-state index contributed by atoms with van der Waals surface area (Å²) in [6, 6.07) is 15.1. The molecule has 0 spiro atoms. The van der Waals surface area contributed by atoms with Crippen molar-refractivity contribution in [1.82, 2.24) is 34.5 Å². The maximum absolute atomic E-state index is 11.9. The Morgan fingerprint density at radius 3 is 1.86 bits per heavy atom. The molecule has 15 heteroatoms. The second-order valence-electron chi connectivity index (χ2n) is 8.70. The molecule has 0 amide bonds. The molecular weight excluding hydrogens is 709 g/mol. The molecule has 0 saturated heterocycles.